The number of aromatic hydroxyl groups is 2. The quantitative estimate of drug-likeness (QED) is 0.527. The highest BCUT2D eigenvalue weighted by molar-refractivity contribution is 8.76. The molecule has 0 bridgehead atoms. The van der Waals surface area contributed by atoms with Crippen LogP contribution in [0.1, 0.15) is 0 Å². The van der Waals surface area contributed by atoms with E-state index in [-0.39, 0.29) is 21.3 Å². The van der Waals surface area contributed by atoms with Crippen molar-refractivity contribution in [2.75, 3.05) is 0 Å². The summed E-state index contributed by atoms with van der Waals surface area (Å²) in [5.41, 5.74) is 0. The van der Waals surface area contributed by atoms with Gasteiger partial charge in [0.15, 0.2) is 0 Å². The summed E-state index contributed by atoms with van der Waals surface area (Å²) in [6.07, 6.45) is 0. The van der Waals surface area contributed by atoms with Gasteiger partial charge in [0, 0.05) is 33.5 Å². The van der Waals surface area contributed by atoms with Crippen LogP contribution in [0.4, 0.5) is 0 Å². The second-order valence-corrected chi connectivity index (χ2v) is 11.6. The molecular weight excluding hydrogens is 439 g/mol. The fourth-order valence-electron chi connectivity index (χ4n) is 1.53. The smallest absolute Gasteiger partial charge is 0.261 e. The monoisotopic (exact) mass is 446 g/mol. The van der Waals surface area contributed by atoms with Gasteiger partial charge in [0.25, 0.3) is 18.1 Å². The van der Waals surface area contributed by atoms with Gasteiger partial charge in [-0.3, -0.25) is 0 Å². The highest BCUT2D eigenvalue weighted by Gasteiger charge is 2.16. The van der Waals surface area contributed by atoms with Crippen LogP contribution in [0.5, 0.6) is 11.5 Å². The van der Waals surface area contributed by atoms with Crippen LogP contribution in [0.15, 0.2) is 56.0 Å². The predicted octanol–water partition coefficient (Wildman–Crippen LogP) is 3.75. The molecule has 0 aromatic heterocycles. The summed E-state index contributed by atoms with van der Waals surface area (Å²) >= 11 is 0. The van der Waals surface area contributed by atoms with Crippen molar-refractivity contribution in [3.63, 3.8) is 0 Å². The molecule has 2 N–H and O–H groups in total. The van der Waals surface area contributed by atoms with Crippen molar-refractivity contribution in [2.45, 2.75) is 19.6 Å². The van der Waals surface area contributed by atoms with Crippen LogP contribution >= 0.6 is 43.0 Å². The van der Waals surface area contributed by atoms with Crippen molar-refractivity contribution in [3.05, 3.63) is 36.4 Å². The van der Waals surface area contributed by atoms with Crippen LogP contribution in [0.25, 0.3) is 0 Å². The zero-order valence-corrected chi connectivity index (χ0v) is 16.2. The minimum atomic E-state index is -3.95. The Morgan fingerprint density at radius 3 is 1.29 bits per heavy atom. The van der Waals surface area contributed by atoms with E-state index in [0.29, 0.717) is 9.79 Å². The zero-order valence-electron chi connectivity index (χ0n) is 11.4. The summed E-state index contributed by atoms with van der Waals surface area (Å²) in [4.78, 5) is 0.182. The van der Waals surface area contributed by atoms with Crippen LogP contribution in [0, 0.1) is 0 Å². The van der Waals surface area contributed by atoms with Crippen molar-refractivity contribution in [3.8, 4) is 11.5 Å². The molecule has 0 fully saturated rings. The number of rotatable bonds is 5. The van der Waals surface area contributed by atoms with Crippen molar-refractivity contribution < 1.29 is 27.0 Å². The third-order valence-electron chi connectivity index (χ3n) is 2.65. The molecule has 12 heteroatoms. The van der Waals surface area contributed by atoms with Crippen molar-refractivity contribution in [1.29, 1.82) is 0 Å². The molecule has 2 rings (SSSR count). The topological polar surface area (TPSA) is 109 Å². The van der Waals surface area contributed by atoms with Crippen molar-refractivity contribution in [1.82, 2.24) is 0 Å². The SMILES string of the molecule is O=S(=O)(Cl)c1ccc(SSc2ccc(S(=O)(=O)Cl)cc2O)c(O)c1. The van der Waals surface area contributed by atoms with E-state index in [9.17, 15) is 27.0 Å². The Morgan fingerprint density at radius 1 is 0.708 bits per heavy atom. The number of halogens is 2. The van der Waals surface area contributed by atoms with Gasteiger partial charge in [0.2, 0.25) is 0 Å². The lowest BCUT2D eigenvalue weighted by atomic mass is 10.3. The van der Waals surface area contributed by atoms with E-state index < -0.39 is 18.1 Å². The van der Waals surface area contributed by atoms with Gasteiger partial charge in [-0.2, -0.15) is 0 Å². The van der Waals surface area contributed by atoms with Gasteiger partial charge in [-0.25, -0.2) is 16.8 Å². The molecular formula is C12H8Cl2O6S4. The fourth-order valence-corrected chi connectivity index (χ4v) is 5.17. The Bertz CT molecular complexity index is 907. The zero-order chi connectivity index (χ0) is 18.1. The summed E-state index contributed by atoms with van der Waals surface area (Å²) < 4.78 is 44.7. The summed E-state index contributed by atoms with van der Waals surface area (Å²) in [7, 11) is 4.54. The molecule has 2 aromatic carbocycles. The number of phenolic OH excluding ortho intramolecular Hbond substituents is 2. The van der Waals surface area contributed by atoms with Gasteiger partial charge < -0.3 is 10.2 Å². The molecule has 0 saturated carbocycles. The van der Waals surface area contributed by atoms with E-state index in [1.165, 1.54) is 24.3 Å². The van der Waals surface area contributed by atoms with Gasteiger partial charge in [0.05, 0.1) is 19.6 Å². The molecule has 0 aliphatic rings. The normalized spacial score (nSPS) is 12.2. The van der Waals surface area contributed by atoms with Crippen LogP contribution in [-0.2, 0) is 18.1 Å². The lowest BCUT2D eigenvalue weighted by Gasteiger charge is -2.07. The molecule has 2 aromatic rings. The molecule has 24 heavy (non-hydrogen) atoms. The number of hydrogen-bond acceptors (Lipinski definition) is 8. The average Bonchev–Trinajstić information content (AvgIpc) is 2.45. The molecule has 0 amide bonds. The minimum Gasteiger partial charge on any atom is -0.507 e. The van der Waals surface area contributed by atoms with Gasteiger partial charge in [-0.1, -0.05) is 0 Å². The first-order chi connectivity index (χ1) is 11.0. The van der Waals surface area contributed by atoms with Crippen LogP contribution in [0.3, 0.4) is 0 Å². The molecule has 0 atom stereocenters. The minimum absolute atomic E-state index is 0.240. The Morgan fingerprint density at radius 2 is 1.04 bits per heavy atom. The van der Waals surface area contributed by atoms with Crippen molar-refractivity contribution >= 4 is 61.1 Å². The lowest BCUT2D eigenvalue weighted by Crippen LogP contribution is -1.90. The Hall–Kier alpha value is -0.780. The molecule has 0 unspecified atom stereocenters. The summed E-state index contributed by atoms with van der Waals surface area (Å²) in [6.45, 7) is 0. The van der Waals surface area contributed by atoms with E-state index in [4.69, 9.17) is 21.4 Å². The summed E-state index contributed by atoms with van der Waals surface area (Å²) in [6, 6.07) is 7.19. The first-order valence-electron chi connectivity index (χ1n) is 5.88. The maximum Gasteiger partial charge on any atom is 0.261 e. The van der Waals surface area contributed by atoms with Gasteiger partial charge in [0.1, 0.15) is 11.5 Å². The first-order valence-corrected chi connectivity index (χ1v) is 12.7. The van der Waals surface area contributed by atoms with Crippen LogP contribution in [0.2, 0.25) is 0 Å². The van der Waals surface area contributed by atoms with Gasteiger partial charge in [-0.05, 0) is 45.9 Å². The van der Waals surface area contributed by atoms with Crippen LogP contribution in [-0.4, -0.2) is 27.0 Å². The Balaban J connectivity index is 2.20. The maximum atomic E-state index is 11.2. The summed E-state index contributed by atoms with van der Waals surface area (Å²) in [5, 5.41) is 19.7. The molecule has 6 nitrogen and oxygen atoms in total. The third kappa shape index (κ3) is 4.87. The molecule has 0 aliphatic heterocycles. The number of phenols is 2. The van der Waals surface area contributed by atoms with Gasteiger partial charge in [-0.15, -0.1) is 0 Å². The summed E-state index contributed by atoms with van der Waals surface area (Å²) in [5.74, 6) is -0.595. The number of benzene rings is 2. The third-order valence-corrected chi connectivity index (χ3v) is 7.81. The molecule has 0 heterocycles. The fraction of sp³-hybridized carbons (Fsp3) is 0. The highest BCUT2D eigenvalue weighted by Crippen LogP contribution is 2.45. The highest BCUT2D eigenvalue weighted by atomic mass is 35.7. The van der Waals surface area contributed by atoms with E-state index in [2.05, 4.69) is 0 Å². The maximum absolute atomic E-state index is 11.2. The van der Waals surface area contributed by atoms with Crippen LogP contribution < -0.4 is 0 Å². The van der Waals surface area contributed by atoms with E-state index in [1.54, 1.807) is 0 Å². The van der Waals surface area contributed by atoms with Crippen molar-refractivity contribution in [2.24, 2.45) is 0 Å². The molecule has 0 radical (unpaired) electrons. The van der Waals surface area contributed by atoms with E-state index in [0.717, 1.165) is 33.7 Å². The Labute approximate surface area is 155 Å². The first kappa shape index (κ1) is 19.5. The van der Waals surface area contributed by atoms with E-state index in [1.807, 2.05) is 0 Å². The second kappa shape index (κ2) is 7.22. The average molecular weight is 447 g/mol. The molecule has 0 saturated heterocycles. The second-order valence-electron chi connectivity index (χ2n) is 4.30. The molecule has 0 aliphatic carbocycles. The number of hydrogen-bond donors (Lipinski definition) is 2. The largest absolute Gasteiger partial charge is 0.507 e. The lowest BCUT2D eigenvalue weighted by molar-refractivity contribution is 0.459. The standard InChI is InChI=1S/C12H8Cl2O6S4/c13-23(17,18)7-1-3-11(9(15)5-7)21-22-12-4-2-8(6-10(12)16)24(14,19)20/h1-6,15-16H. The predicted molar refractivity (Wildman–Crippen MR) is 94.0 cm³/mol. The van der Waals surface area contributed by atoms with E-state index >= 15 is 0 Å². The van der Waals surface area contributed by atoms with Gasteiger partial charge >= 0.3 is 0 Å². The molecule has 0 spiro atoms. The molecule has 130 valence electrons. The Kier molecular flexibility index (Phi) is 5.88.